The number of hydrogen-bond donors (Lipinski definition) is 0. The summed E-state index contributed by atoms with van der Waals surface area (Å²) in [6.45, 7) is 8.55. The first-order valence-corrected chi connectivity index (χ1v) is 10.4. The molecule has 0 aliphatic rings. The summed E-state index contributed by atoms with van der Waals surface area (Å²) < 4.78 is 4.02. The average molecular weight is 411 g/mol. The quantitative estimate of drug-likeness (QED) is 0.418. The van der Waals surface area contributed by atoms with Crippen LogP contribution in [0.15, 0.2) is 48.8 Å². The highest BCUT2D eigenvalue weighted by Gasteiger charge is 2.20. The summed E-state index contributed by atoms with van der Waals surface area (Å²) in [7, 11) is 4.07. The van der Waals surface area contributed by atoms with Crippen LogP contribution in [0.2, 0.25) is 0 Å². The van der Waals surface area contributed by atoms with Crippen LogP contribution in [0.3, 0.4) is 0 Å². The minimum atomic E-state index is 0.705. The van der Waals surface area contributed by atoms with Crippen LogP contribution in [0.5, 0.6) is 0 Å². The van der Waals surface area contributed by atoms with Gasteiger partial charge in [0.25, 0.3) is 0 Å². The van der Waals surface area contributed by atoms with Crippen molar-refractivity contribution >= 4 is 22.4 Å². The average Bonchev–Trinajstić information content (AvgIpc) is 3.28. The van der Waals surface area contributed by atoms with Crippen molar-refractivity contribution in [1.29, 1.82) is 0 Å². The van der Waals surface area contributed by atoms with E-state index in [4.69, 9.17) is 15.1 Å². The van der Waals surface area contributed by atoms with Crippen molar-refractivity contribution < 1.29 is 0 Å². The molecule has 0 bridgehead atoms. The Morgan fingerprint density at radius 1 is 0.871 bits per heavy atom. The third-order valence-electron chi connectivity index (χ3n) is 6.07. The van der Waals surface area contributed by atoms with Crippen molar-refractivity contribution in [1.82, 2.24) is 24.1 Å². The van der Waals surface area contributed by atoms with Gasteiger partial charge in [-0.3, -0.25) is 4.57 Å². The van der Waals surface area contributed by atoms with Crippen molar-refractivity contribution in [3.63, 3.8) is 0 Å². The largest absolute Gasteiger partial charge is 0.378 e. The first-order chi connectivity index (χ1) is 14.8. The predicted octanol–water partition coefficient (Wildman–Crippen LogP) is 5.03. The van der Waals surface area contributed by atoms with Gasteiger partial charge in [0.15, 0.2) is 17.1 Å². The van der Waals surface area contributed by atoms with Gasteiger partial charge in [0, 0.05) is 31.0 Å². The van der Waals surface area contributed by atoms with E-state index in [1.807, 2.05) is 14.1 Å². The van der Waals surface area contributed by atoms with Gasteiger partial charge in [0.1, 0.15) is 6.33 Å². The van der Waals surface area contributed by atoms with E-state index in [2.05, 4.69) is 79.6 Å². The van der Waals surface area contributed by atoms with Crippen LogP contribution < -0.4 is 4.90 Å². The number of aryl methyl sites for hydroxylation is 3. The molecule has 2 aromatic carbocycles. The number of anilines is 1. The second-order valence-electron chi connectivity index (χ2n) is 8.42. The standard InChI is InChI=1S/C25H26N6/c1-15-7-12-21(16(2)13-15)31-18(4)17(3)22-24(31)26-14-30-25(22)27-23(28-30)19-8-10-20(11-9-19)29(5)6/h7-14H,1-6H3. The minimum Gasteiger partial charge on any atom is -0.378 e. The van der Waals surface area contributed by atoms with Crippen LogP contribution >= 0.6 is 0 Å². The third kappa shape index (κ3) is 2.98. The number of benzene rings is 2. The smallest absolute Gasteiger partial charge is 0.182 e. The van der Waals surface area contributed by atoms with E-state index in [1.54, 1.807) is 10.8 Å². The molecule has 0 aliphatic heterocycles. The van der Waals surface area contributed by atoms with Gasteiger partial charge in [-0.1, -0.05) is 17.7 Å². The second-order valence-corrected chi connectivity index (χ2v) is 8.42. The van der Waals surface area contributed by atoms with Gasteiger partial charge in [-0.25, -0.2) is 14.5 Å². The molecule has 0 saturated heterocycles. The maximum atomic E-state index is 4.92. The van der Waals surface area contributed by atoms with Gasteiger partial charge >= 0.3 is 0 Å². The molecule has 156 valence electrons. The molecule has 0 saturated carbocycles. The first-order valence-electron chi connectivity index (χ1n) is 10.4. The van der Waals surface area contributed by atoms with Gasteiger partial charge in [-0.15, -0.1) is 5.10 Å². The molecule has 6 nitrogen and oxygen atoms in total. The molecule has 0 amide bonds. The summed E-state index contributed by atoms with van der Waals surface area (Å²) in [5, 5.41) is 5.75. The van der Waals surface area contributed by atoms with Gasteiger partial charge in [0.2, 0.25) is 0 Å². The fraction of sp³-hybridized carbons (Fsp3) is 0.240. The van der Waals surface area contributed by atoms with Crippen molar-refractivity contribution in [2.75, 3.05) is 19.0 Å². The Labute approximate surface area is 181 Å². The van der Waals surface area contributed by atoms with Crippen LogP contribution in [-0.4, -0.2) is 38.2 Å². The highest BCUT2D eigenvalue weighted by molar-refractivity contribution is 5.95. The van der Waals surface area contributed by atoms with Crippen LogP contribution in [0.4, 0.5) is 5.69 Å². The molecule has 0 fully saturated rings. The highest BCUT2D eigenvalue weighted by Crippen LogP contribution is 2.32. The molecule has 3 aromatic heterocycles. The fourth-order valence-electron chi connectivity index (χ4n) is 4.24. The Bertz CT molecular complexity index is 1440. The molecule has 0 aliphatic carbocycles. The number of aromatic nitrogens is 5. The molecule has 5 aromatic rings. The lowest BCUT2D eigenvalue weighted by atomic mass is 10.1. The van der Waals surface area contributed by atoms with E-state index in [0.29, 0.717) is 5.82 Å². The van der Waals surface area contributed by atoms with Crippen molar-refractivity contribution in [3.05, 3.63) is 71.2 Å². The second kappa shape index (κ2) is 6.94. The summed E-state index contributed by atoms with van der Waals surface area (Å²) in [6.07, 6.45) is 1.77. The van der Waals surface area contributed by atoms with Gasteiger partial charge in [-0.2, -0.15) is 0 Å². The van der Waals surface area contributed by atoms with E-state index < -0.39 is 0 Å². The Kier molecular flexibility index (Phi) is 4.32. The van der Waals surface area contributed by atoms with Crippen LogP contribution in [-0.2, 0) is 0 Å². The summed E-state index contributed by atoms with van der Waals surface area (Å²) in [6, 6.07) is 14.8. The zero-order valence-electron chi connectivity index (χ0n) is 18.8. The Balaban J connectivity index is 1.72. The summed E-state index contributed by atoms with van der Waals surface area (Å²) in [5.41, 5.74) is 9.86. The number of nitrogens with zero attached hydrogens (tertiary/aromatic N) is 6. The van der Waals surface area contributed by atoms with E-state index in [9.17, 15) is 0 Å². The van der Waals surface area contributed by atoms with E-state index in [1.165, 1.54) is 22.4 Å². The molecule has 5 rings (SSSR count). The summed E-state index contributed by atoms with van der Waals surface area (Å²) in [5.74, 6) is 0.705. The lowest BCUT2D eigenvalue weighted by molar-refractivity contribution is 0.925. The molecule has 0 spiro atoms. The lowest BCUT2D eigenvalue weighted by Gasteiger charge is -2.12. The fourth-order valence-corrected chi connectivity index (χ4v) is 4.24. The Morgan fingerprint density at radius 2 is 1.61 bits per heavy atom. The maximum absolute atomic E-state index is 4.92. The SMILES string of the molecule is Cc1ccc(-n2c(C)c(C)c3c2ncn2nc(-c4ccc(N(C)C)cc4)nc32)c(C)c1. The summed E-state index contributed by atoms with van der Waals surface area (Å²) in [4.78, 5) is 11.8. The van der Waals surface area contributed by atoms with Crippen LogP contribution in [0.1, 0.15) is 22.4 Å². The lowest BCUT2D eigenvalue weighted by Crippen LogP contribution is -2.07. The third-order valence-corrected chi connectivity index (χ3v) is 6.07. The molecule has 6 heteroatoms. The van der Waals surface area contributed by atoms with Gasteiger partial charge < -0.3 is 4.90 Å². The van der Waals surface area contributed by atoms with E-state index in [-0.39, 0.29) is 0 Å². The molecule has 3 heterocycles. The van der Waals surface area contributed by atoms with Crippen molar-refractivity contribution in [3.8, 4) is 17.1 Å². The number of fused-ring (bicyclic) bond motifs is 3. The van der Waals surface area contributed by atoms with Crippen molar-refractivity contribution in [2.24, 2.45) is 0 Å². The zero-order chi connectivity index (χ0) is 21.9. The van der Waals surface area contributed by atoms with Gasteiger partial charge in [0.05, 0.1) is 11.1 Å². The van der Waals surface area contributed by atoms with Crippen LogP contribution in [0, 0.1) is 27.7 Å². The highest BCUT2D eigenvalue weighted by atomic mass is 15.3. The zero-order valence-corrected chi connectivity index (χ0v) is 18.8. The molecular weight excluding hydrogens is 384 g/mol. The number of rotatable bonds is 3. The van der Waals surface area contributed by atoms with Crippen molar-refractivity contribution in [2.45, 2.75) is 27.7 Å². The molecule has 0 N–H and O–H groups in total. The molecule has 0 unspecified atom stereocenters. The minimum absolute atomic E-state index is 0.705. The predicted molar refractivity (Wildman–Crippen MR) is 126 cm³/mol. The molecular formula is C25H26N6. The van der Waals surface area contributed by atoms with Crippen LogP contribution in [0.25, 0.3) is 33.8 Å². The number of hydrogen-bond acceptors (Lipinski definition) is 4. The molecule has 0 atom stereocenters. The normalized spacial score (nSPS) is 11.5. The Hall–Kier alpha value is -3.67. The van der Waals surface area contributed by atoms with E-state index in [0.717, 1.165) is 33.6 Å². The van der Waals surface area contributed by atoms with Gasteiger partial charge in [-0.05, 0) is 69.2 Å². The van der Waals surface area contributed by atoms with E-state index >= 15 is 0 Å². The Morgan fingerprint density at radius 3 is 2.29 bits per heavy atom. The first kappa shape index (κ1) is 19.3. The molecule has 31 heavy (non-hydrogen) atoms. The monoisotopic (exact) mass is 410 g/mol. The topological polar surface area (TPSA) is 51.3 Å². The maximum Gasteiger partial charge on any atom is 0.182 e. The summed E-state index contributed by atoms with van der Waals surface area (Å²) >= 11 is 0. The molecule has 0 radical (unpaired) electrons.